The van der Waals surface area contributed by atoms with E-state index in [-0.39, 0.29) is 17.2 Å². The standard InChI is InChI=1S/C16H22FNO3/c1-3-16(4-2)10-12(7-8-21-16)18-14-6-5-11(15(19)20)9-13(14)17/h5-6,9,12,18H,3-4,7-8,10H2,1-2H3,(H,19,20). The van der Waals surface area contributed by atoms with Gasteiger partial charge in [0.25, 0.3) is 0 Å². The van der Waals surface area contributed by atoms with E-state index < -0.39 is 11.8 Å². The summed E-state index contributed by atoms with van der Waals surface area (Å²) in [5, 5.41) is 12.0. The largest absolute Gasteiger partial charge is 0.478 e. The number of rotatable bonds is 5. The van der Waals surface area contributed by atoms with E-state index in [0.29, 0.717) is 12.3 Å². The summed E-state index contributed by atoms with van der Waals surface area (Å²) in [6, 6.07) is 4.11. The molecule has 1 atom stereocenters. The Morgan fingerprint density at radius 3 is 2.76 bits per heavy atom. The molecule has 5 heteroatoms. The van der Waals surface area contributed by atoms with Crippen molar-refractivity contribution in [2.24, 2.45) is 0 Å². The molecular weight excluding hydrogens is 273 g/mol. The number of ether oxygens (including phenoxy) is 1. The lowest BCUT2D eigenvalue weighted by atomic mass is 9.86. The summed E-state index contributed by atoms with van der Waals surface area (Å²) in [6.07, 6.45) is 3.52. The summed E-state index contributed by atoms with van der Waals surface area (Å²) in [5.41, 5.74) is 0.183. The number of aromatic carboxylic acids is 1. The summed E-state index contributed by atoms with van der Waals surface area (Å²) in [7, 11) is 0. The molecule has 1 unspecified atom stereocenters. The SMILES string of the molecule is CCC1(CC)CC(Nc2ccc(C(=O)O)cc2F)CCO1. The molecule has 1 fully saturated rings. The van der Waals surface area contributed by atoms with E-state index >= 15 is 0 Å². The fourth-order valence-electron chi connectivity index (χ4n) is 2.88. The number of carboxylic acids is 1. The number of anilines is 1. The summed E-state index contributed by atoms with van der Waals surface area (Å²) in [4.78, 5) is 10.8. The first-order valence-corrected chi connectivity index (χ1v) is 7.43. The quantitative estimate of drug-likeness (QED) is 0.870. The summed E-state index contributed by atoms with van der Waals surface area (Å²) in [6.45, 7) is 4.87. The second kappa shape index (κ2) is 6.43. The Labute approximate surface area is 124 Å². The number of benzene rings is 1. The van der Waals surface area contributed by atoms with Crippen molar-refractivity contribution in [2.45, 2.75) is 51.2 Å². The molecule has 2 N–H and O–H groups in total. The van der Waals surface area contributed by atoms with Crippen LogP contribution in [0.25, 0.3) is 0 Å². The van der Waals surface area contributed by atoms with Crippen LogP contribution >= 0.6 is 0 Å². The average molecular weight is 295 g/mol. The van der Waals surface area contributed by atoms with Crippen LogP contribution in [0.2, 0.25) is 0 Å². The first-order valence-electron chi connectivity index (χ1n) is 7.43. The topological polar surface area (TPSA) is 58.6 Å². The highest BCUT2D eigenvalue weighted by Gasteiger charge is 2.34. The summed E-state index contributed by atoms with van der Waals surface area (Å²) >= 11 is 0. The van der Waals surface area contributed by atoms with Gasteiger partial charge in [-0.2, -0.15) is 0 Å². The summed E-state index contributed by atoms with van der Waals surface area (Å²) < 4.78 is 19.9. The number of hydrogen-bond donors (Lipinski definition) is 2. The van der Waals surface area contributed by atoms with Gasteiger partial charge in [-0.15, -0.1) is 0 Å². The predicted octanol–water partition coefficient (Wildman–Crippen LogP) is 3.67. The lowest BCUT2D eigenvalue weighted by Crippen LogP contribution is -2.43. The van der Waals surface area contributed by atoms with Gasteiger partial charge in [-0.1, -0.05) is 13.8 Å². The molecule has 21 heavy (non-hydrogen) atoms. The van der Waals surface area contributed by atoms with Crippen LogP contribution in [0, 0.1) is 5.82 Å². The van der Waals surface area contributed by atoms with Crippen molar-refractivity contribution in [3.05, 3.63) is 29.6 Å². The zero-order valence-corrected chi connectivity index (χ0v) is 12.5. The monoisotopic (exact) mass is 295 g/mol. The van der Waals surface area contributed by atoms with E-state index in [0.717, 1.165) is 31.7 Å². The van der Waals surface area contributed by atoms with Crippen molar-refractivity contribution in [2.75, 3.05) is 11.9 Å². The number of halogens is 1. The first-order chi connectivity index (χ1) is 9.99. The predicted molar refractivity (Wildman–Crippen MR) is 79.3 cm³/mol. The molecule has 1 aromatic carbocycles. The van der Waals surface area contributed by atoms with Gasteiger partial charge in [0.05, 0.1) is 16.9 Å². The van der Waals surface area contributed by atoms with Crippen LogP contribution in [0.15, 0.2) is 18.2 Å². The smallest absolute Gasteiger partial charge is 0.335 e. The van der Waals surface area contributed by atoms with Gasteiger partial charge in [0.1, 0.15) is 5.82 Å². The molecule has 0 radical (unpaired) electrons. The van der Waals surface area contributed by atoms with Crippen molar-refractivity contribution in [3.8, 4) is 0 Å². The third-order valence-electron chi connectivity index (χ3n) is 4.36. The van der Waals surface area contributed by atoms with Gasteiger partial charge < -0.3 is 15.2 Å². The van der Waals surface area contributed by atoms with Crippen LogP contribution in [-0.2, 0) is 4.74 Å². The second-order valence-electron chi connectivity index (χ2n) is 5.57. The van der Waals surface area contributed by atoms with E-state index in [1.807, 2.05) is 0 Å². The third-order valence-corrected chi connectivity index (χ3v) is 4.36. The Kier molecular flexibility index (Phi) is 4.83. The molecule has 0 bridgehead atoms. The van der Waals surface area contributed by atoms with Crippen LogP contribution in [0.5, 0.6) is 0 Å². The highest BCUT2D eigenvalue weighted by Crippen LogP contribution is 2.33. The average Bonchev–Trinajstić information content (AvgIpc) is 2.49. The van der Waals surface area contributed by atoms with E-state index in [9.17, 15) is 9.18 Å². The minimum absolute atomic E-state index is 0.0403. The van der Waals surface area contributed by atoms with Gasteiger partial charge in [0.15, 0.2) is 0 Å². The van der Waals surface area contributed by atoms with E-state index in [1.165, 1.54) is 12.1 Å². The minimum Gasteiger partial charge on any atom is -0.478 e. The Hall–Kier alpha value is -1.62. The number of nitrogens with one attached hydrogen (secondary N) is 1. The molecule has 1 saturated heterocycles. The van der Waals surface area contributed by atoms with Crippen molar-refractivity contribution >= 4 is 11.7 Å². The molecule has 2 rings (SSSR count). The van der Waals surface area contributed by atoms with Crippen molar-refractivity contribution in [3.63, 3.8) is 0 Å². The molecule has 0 saturated carbocycles. The molecule has 1 aliphatic rings. The maximum Gasteiger partial charge on any atom is 0.335 e. The molecule has 1 heterocycles. The second-order valence-corrected chi connectivity index (χ2v) is 5.57. The van der Waals surface area contributed by atoms with Crippen LogP contribution in [0.1, 0.15) is 49.9 Å². The Bertz CT molecular complexity index is 514. The third kappa shape index (κ3) is 3.53. The van der Waals surface area contributed by atoms with E-state index in [2.05, 4.69) is 19.2 Å². The molecular formula is C16H22FNO3. The highest BCUT2D eigenvalue weighted by molar-refractivity contribution is 5.88. The number of carbonyl (C=O) groups is 1. The molecule has 0 aromatic heterocycles. The molecule has 0 amide bonds. The van der Waals surface area contributed by atoms with Crippen LogP contribution < -0.4 is 5.32 Å². The number of hydrogen-bond acceptors (Lipinski definition) is 3. The molecule has 1 aliphatic heterocycles. The van der Waals surface area contributed by atoms with Crippen LogP contribution in [-0.4, -0.2) is 29.3 Å². The Morgan fingerprint density at radius 1 is 1.48 bits per heavy atom. The Morgan fingerprint density at radius 2 is 2.19 bits per heavy atom. The van der Waals surface area contributed by atoms with Crippen molar-refractivity contribution < 1.29 is 19.0 Å². The van der Waals surface area contributed by atoms with E-state index in [1.54, 1.807) is 0 Å². The first kappa shape index (κ1) is 15.8. The molecule has 116 valence electrons. The van der Waals surface area contributed by atoms with Gasteiger partial charge in [-0.25, -0.2) is 9.18 Å². The van der Waals surface area contributed by atoms with Gasteiger partial charge in [-0.3, -0.25) is 0 Å². The van der Waals surface area contributed by atoms with Crippen LogP contribution in [0.4, 0.5) is 10.1 Å². The molecule has 4 nitrogen and oxygen atoms in total. The highest BCUT2D eigenvalue weighted by atomic mass is 19.1. The fraction of sp³-hybridized carbons (Fsp3) is 0.562. The fourth-order valence-corrected chi connectivity index (χ4v) is 2.88. The zero-order chi connectivity index (χ0) is 15.5. The van der Waals surface area contributed by atoms with Gasteiger partial charge in [0, 0.05) is 12.6 Å². The maximum absolute atomic E-state index is 14.0. The molecule has 0 spiro atoms. The normalized spacial score (nSPS) is 21.0. The summed E-state index contributed by atoms with van der Waals surface area (Å²) in [5.74, 6) is -1.65. The minimum atomic E-state index is -1.12. The lowest BCUT2D eigenvalue weighted by molar-refractivity contribution is -0.0864. The van der Waals surface area contributed by atoms with Crippen molar-refractivity contribution in [1.82, 2.24) is 0 Å². The zero-order valence-electron chi connectivity index (χ0n) is 12.5. The maximum atomic E-state index is 14.0. The molecule has 0 aliphatic carbocycles. The Balaban J connectivity index is 2.09. The number of carboxylic acid groups (broad SMARTS) is 1. The van der Waals surface area contributed by atoms with Crippen LogP contribution in [0.3, 0.4) is 0 Å². The lowest BCUT2D eigenvalue weighted by Gasteiger charge is -2.40. The van der Waals surface area contributed by atoms with Gasteiger partial charge >= 0.3 is 5.97 Å². The van der Waals surface area contributed by atoms with Crippen molar-refractivity contribution in [1.29, 1.82) is 0 Å². The van der Waals surface area contributed by atoms with Gasteiger partial charge in [-0.05, 0) is 43.9 Å². The van der Waals surface area contributed by atoms with E-state index in [4.69, 9.17) is 9.84 Å². The van der Waals surface area contributed by atoms with Gasteiger partial charge in [0.2, 0.25) is 0 Å². The molecule has 1 aromatic rings.